The molecule has 4 heteroatoms. The topological polar surface area (TPSA) is 52.6 Å². The molecule has 0 aliphatic carbocycles. The standard InChI is InChI=1S/C13H20N2O2/c1-10(8-14-2)13(17)15(3)9-11-6-4-5-7-12(11)16/h4-7,10,14,16H,8-9H2,1-3H3. The molecule has 0 aliphatic rings. The summed E-state index contributed by atoms with van der Waals surface area (Å²) < 4.78 is 0. The van der Waals surface area contributed by atoms with Crippen LogP contribution in [0.1, 0.15) is 12.5 Å². The van der Waals surface area contributed by atoms with E-state index in [0.717, 1.165) is 5.56 Å². The molecule has 0 bridgehead atoms. The molecule has 0 fully saturated rings. The van der Waals surface area contributed by atoms with Crippen molar-refractivity contribution >= 4 is 5.91 Å². The van der Waals surface area contributed by atoms with Gasteiger partial charge in [-0.25, -0.2) is 0 Å². The van der Waals surface area contributed by atoms with E-state index in [1.165, 1.54) is 0 Å². The van der Waals surface area contributed by atoms with Crippen LogP contribution in [-0.2, 0) is 11.3 Å². The Morgan fingerprint density at radius 2 is 2.12 bits per heavy atom. The van der Waals surface area contributed by atoms with Crippen LogP contribution in [0.2, 0.25) is 0 Å². The van der Waals surface area contributed by atoms with Crippen molar-refractivity contribution in [3.05, 3.63) is 29.8 Å². The summed E-state index contributed by atoms with van der Waals surface area (Å²) in [6.45, 7) is 2.98. The van der Waals surface area contributed by atoms with Gasteiger partial charge in [-0.2, -0.15) is 0 Å². The molecule has 1 atom stereocenters. The van der Waals surface area contributed by atoms with E-state index in [1.54, 1.807) is 24.1 Å². The van der Waals surface area contributed by atoms with E-state index in [-0.39, 0.29) is 17.6 Å². The highest BCUT2D eigenvalue weighted by molar-refractivity contribution is 5.78. The lowest BCUT2D eigenvalue weighted by Crippen LogP contribution is -2.35. The predicted molar refractivity (Wildman–Crippen MR) is 67.7 cm³/mol. The van der Waals surface area contributed by atoms with E-state index in [9.17, 15) is 9.90 Å². The second kappa shape index (κ2) is 6.25. The Bertz CT molecular complexity index is 379. The highest BCUT2D eigenvalue weighted by Gasteiger charge is 2.17. The molecule has 0 spiro atoms. The molecule has 0 saturated carbocycles. The van der Waals surface area contributed by atoms with Crippen LogP contribution in [0.25, 0.3) is 0 Å². The minimum Gasteiger partial charge on any atom is -0.508 e. The van der Waals surface area contributed by atoms with Crippen molar-refractivity contribution in [1.82, 2.24) is 10.2 Å². The Labute approximate surface area is 102 Å². The summed E-state index contributed by atoms with van der Waals surface area (Å²) in [6, 6.07) is 7.07. The number of rotatable bonds is 5. The van der Waals surface area contributed by atoms with Gasteiger partial charge in [0.1, 0.15) is 5.75 Å². The minimum absolute atomic E-state index is 0.0594. The number of amides is 1. The largest absolute Gasteiger partial charge is 0.508 e. The van der Waals surface area contributed by atoms with E-state index in [1.807, 2.05) is 26.1 Å². The van der Waals surface area contributed by atoms with Gasteiger partial charge in [-0.15, -0.1) is 0 Å². The van der Waals surface area contributed by atoms with Gasteiger partial charge in [0.15, 0.2) is 0 Å². The molecular formula is C13H20N2O2. The summed E-state index contributed by atoms with van der Waals surface area (Å²) in [5.41, 5.74) is 0.764. The van der Waals surface area contributed by atoms with Gasteiger partial charge in [0.05, 0.1) is 0 Å². The number of carbonyl (C=O) groups is 1. The Kier molecular flexibility index (Phi) is 4.97. The lowest BCUT2D eigenvalue weighted by atomic mass is 10.1. The number of hydrogen-bond donors (Lipinski definition) is 2. The Balaban J connectivity index is 2.63. The monoisotopic (exact) mass is 236 g/mol. The lowest BCUT2D eigenvalue weighted by molar-refractivity contribution is -0.134. The lowest BCUT2D eigenvalue weighted by Gasteiger charge is -2.21. The first-order valence-electron chi connectivity index (χ1n) is 5.72. The number of phenols is 1. The van der Waals surface area contributed by atoms with Gasteiger partial charge in [-0.1, -0.05) is 25.1 Å². The minimum atomic E-state index is -0.0594. The molecule has 0 radical (unpaired) electrons. The number of nitrogens with zero attached hydrogens (tertiary/aromatic N) is 1. The van der Waals surface area contributed by atoms with Crippen molar-refractivity contribution in [2.24, 2.45) is 5.92 Å². The van der Waals surface area contributed by atoms with Crippen LogP contribution in [0, 0.1) is 5.92 Å². The second-order valence-electron chi connectivity index (χ2n) is 4.28. The maximum atomic E-state index is 12.0. The summed E-state index contributed by atoms with van der Waals surface area (Å²) in [6.07, 6.45) is 0. The number of aromatic hydroxyl groups is 1. The van der Waals surface area contributed by atoms with Gasteiger partial charge in [0.2, 0.25) is 5.91 Å². The van der Waals surface area contributed by atoms with Gasteiger partial charge < -0.3 is 15.3 Å². The average molecular weight is 236 g/mol. The van der Waals surface area contributed by atoms with E-state index in [0.29, 0.717) is 13.1 Å². The summed E-state index contributed by atoms with van der Waals surface area (Å²) in [5.74, 6) is 0.242. The molecule has 94 valence electrons. The number of carbonyl (C=O) groups excluding carboxylic acids is 1. The van der Waals surface area contributed by atoms with Gasteiger partial charge in [-0.3, -0.25) is 4.79 Å². The van der Waals surface area contributed by atoms with Gasteiger partial charge in [-0.05, 0) is 13.1 Å². The zero-order valence-corrected chi connectivity index (χ0v) is 10.6. The number of nitrogens with one attached hydrogen (secondary N) is 1. The second-order valence-corrected chi connectivity index (χ2v) is 4.28. The third-order valence-electron chi connectivity index (χ3n) is 2.71. The molecule has 1 aromatic carbocycles. The Morgan fingerprint density at radius 3 is 2.71 bits per heavy atom. The SMILES string of the molecule is CNCC(C)C(=O)N(C)Cc1ccccc1O. The van der Waals surface area contributed by atoms with Crippen molar-refractivity contribution in [1.29, 1.82) is 0 Å². The van der Waals surface area contributed by atoms with Crippen molar-refractivity contribution in [3.63, 3.8) is 0 Å². The van der Waals surface area contributed by atoms with Crippen LogP contribution in [-0.4, -0.2) is 36.6 Å². The van der Waals surface area contributed by atoms with E-state index in [2.05, 4.69) is 5.32 Å². The number of benzene rings is 1. The molecule has 17 heavy (non-hydrogen) atoms. The number of phenolic OH excluding ortho intramolecular Hbond substituents is 1. The van der Waals surface area contributed by atoms with E-state index in [4.69, 9.17) is 0 Å². The molecule has 0 saturated heterocycles. The van der Waals surface area contributed by atoms with E-state index < -0.39 is 0 Å². The first-order valence-corrected chi connectivity index (χ1v) is 5.72. The maximum absolute atomic E-state index is 12.0. The summed E-state index contributed by atoms with van der Waals surface area (Å²) in [5, 5.41) is 12.6. The summed E-state index contributed by atoms with van der Waals surface area (Å²) in [4.78, 5) is 13.6. The van der Waals surface area contributed by atoms with Crippen LogP contribution in [0.3, 0.4) is 0 Å². The van der Waals surface area contributed by atoms with Gasteiger partial charge >= 0.3 is 0 Å². The Morgan fingerprint density at radius 1 is 1.47 bits per heavy atom. The Hall–Kier alpha value is -1.55. The predicted octanol–water partition coefficient (Wildman–Crippen LogP) is 1.21. The summed E-state index contributed by atoms with van der Waals surface area (Å²) >= 11 is 0. The molecule has 0 aliphatic heterocycles. The van der Waals surface area contributed by atoms with Crippen molar-refractivity contribution in [3.8, 4) is 5.75 Å². The molecular weight excluding hydrogens is 216 g/mol. The molecule has 0 aromatic heterocycles. The van der Waals surface area contributed by atoms with Crippen molar-refractivity contribution in [2.45, 2.75) is 13.5 Å². The average Bonchev–Trinajstić information content (AvgIpc) is 2.31. The van der Waals surface area contributed by atoms with Crippen LogP contribution in [0.15, 0.2) is 24.3 Å². The fourth-order valence-corrected chi connectivity index (χ4v) is 1.75. The molecule has 1 unspecified atom stereocenters. The third kappa shape index (κ3) is 3.75. The molecule has 1 amide bonds. The van der Waals surface area contributed by atoms with Crippen molar-refractivity contribution < 1.29 is 9.90 Å². The van der Waals surface area contributed by atoms with Crippen LogP contribution in [0.4, 0.5) is 0 Å². The molecule has 1 aromatic rings. The zero-order chi connectivity index (χ0) is 12.8. The van der Waals surface area contributed by atoms with Gasteiger partial charge in [0.25, 0.3) is 0 Å². The zero-order valence-electron chi connectivity index (χ0n) is 10.6. The number of hydrogen-bond acceptors (Lipinski definition) is 3. The van der Waals surface area contributed by atoms with Gasteiger partial charge in [0, 0.05) is 31.6 Å². The fourth-order valence-electron chi connectivity index (χ4n) is 1.75. The molecule has 1 rings (SSSR count). The molecule has 2 N–H and O–H groups in total. The highest BCUT2D eigenvalue weighted by atomic mass is 16.3. The van der Waals surface area contributed by atoms with Crippen LogP contribution < -0.4 is 5.32 Å². The van der Waals surface area contributed by atoms with Crippen molar-refractivity contribution in [2.75, 3.05) is 20.6 Å². The first kappa shape index (κ1) is 13.5. The maximum Gasteiger partial charge on any atom is 0.226 e. The number of para-hydroxylation sites is 1. The van der Waals surface area contributed by atoms with Crippen LogP contribution >= 0.6 is 0 Å². The summed E-state index contributed by atoms with van der Waals surface area (Å²) in [7, 11) is 3.58. The third-order valence-corrected chi connectivity index (χ3v) is 2.71. The first-order chi connectivity index (χ1) is 8.06. The van der Waals surface area contributed by atoms with E-state index >= 15 is 0 Å². The molecule has 0 heterocycles. The normalized spacial score (nSPS) is 12.2. The highest BCUT2D eigenvalue weighted by Crippen LogP contribution is 2.17. The smallest absolute Gasteiger partial charge is 0.226 e. The van der Waals surface area contributed by atoms with Crippen LogP contribution in [0.5, 0.6) is 5.75 Å². The molecule has 4 nitrogen and oxygen atoms in total. The quantitative estimate of drug-likeness (QED) is 0.808. The fraction of sp³-hybridized carbons (Fsp3) is 0.462.